The van der Waals surface area contributed by atoms with Crippen LogP contribution >= 0.6 is 34.7 Å². The summed E-state index contributed by atoms with van der Waals surface area (Å²) < 4.78 is 0.653. The van der Waals surface area contributed by atoms with E-state index in [-0.39, 0.29) is 11.3 Å². The molecular formula is C12H12ClNO3S2. The second-order valence-electron chi connectivity index (χ2n) is 4.01. The first kappa shape index (κ1) is 14.4. The summed E-state index contributed by atoms with van der Waals surface area (Å²) in [6.45, 7) is 1.83. The first-order chi connectivity index (χ1) is 8.99. The highest BCUT2D eigenvalue weighted by atomic mass is 35.5. The van der Waals surface area contributed by atoms with Gasteiger partial charge in [-0.15, -0.1) is 23.1 Å². The summed E-state index contributed by atoms with van der Waals surface area (Å²) in [7, 11) is 0. The van der Waals surface area contributed by atoms with Crippen molar-refractivity contribution >= 4 is 52.7 Å². The van der Waals surface area contributed by atoms with Gasteiger partial charge in [-0.05, 0) is 25.1 Å². The van der Waals surface area contributed by atoms with E-state index in [2.05, 4.69) is 0 Å². The maximum absolute atomic E-state index is 12.1. The van der Waals surface area contributed by atoms with Crippen molar-refractivity contribution in [2.45, 2.75) is 18.3 Å². The van der Waals surface area contributed by atoms with E-state index in [4.69, 9.17) is 16.7 Å². The Morgan fingerprint density at radius 1 is 1.53 bits per heavy atom. The zero-order valence-corrected chi connectivity index (χ0v) is 12.5. The van der Waals surface area contributed by atoms with Gasteiger partial charge in [0.25, 0.3) is 0 Å². The summed E-state index contributed by atoms with van der Waals surface area (Å²) in [6, 6.07) is 2.82. The molecule has 1 amide bonds. The van der Waals surface area contributed by atoms with Crippen LogP contribution in [0.5, 0.6) is 0 Å². The Bertz CT molecular complexity index is 529. The molecule has 7 heteroatoms. The van der Waals surface area contributed by atoms with Crippen LogP contribution in [-0.4, -0.2) is 39.1 Å². The Labute approximate surface area is 124 Å². The molecule has 4 nitrogen and oxygen atoms in total. The second kappa shape index (κ2) is 5.98. The normalized spacial score (nSPS) is 23.2. The smallest absolute Gasteiger partial charge is 0.327 e. The van der Waals surface area contributed by atoms with Gasteiger partial charge in [-0.3, -0.25) is 4.79 Å². The van der Waals surface area contributed by atoms with Crippen molar-refractivity contribution in [2.24, 2.45) is 0 Å². The molecule has 1 saturated heterocycles. The molecule has 1 N–H and O–H groups in total. The van der Waals surface area contributed by atoms with E-state index in [1.54, 1.807) is 12.1 Å². The molecule has 1 aromatic heterocycles. The number of carboxylic acids is 1. The quantitative estimate of drug-likeness (QED) is 0.871. The molecule has 1 fully saturated rings. The standard InChI is InChI=1S/C12H12ClNO3S2/c1-7-14(9(6-18-7)12(16)17)11(15)5-3-8-2-4-10(13)19-8/h2-5,7,9H,6H2,1H3,(H,16,17). The Hall–Kier alpha value is -0.980. The molecule has 1 aliphatic rings. The molecular weight excluding hydrogens is 306 g/mol. The molecule has 1 aromatic rings. The third kappa shape index (κ3) is 3.32. The molecule has 1 aliphatic heterocycles. The number of rotatable bonds is 3. The first-order valence-corrected chi connectivity index (χ1v) is 7.83. The lowest BCUT2D eigenvalue weighted by atomic mass is 10.2. The maximum atomic E-state index is 12.1. The Balaban J connectivity index is 2.10. The fraction of sp³-hybridized carbons (Fsp3) is 0.333. The summed E-state index contributed by atoms with van der Waals surface area (Å²) in [6.07, 6.45) is 3.06. The number of hydrogen-bond acceptors (Lipinski definition) is 4. The molecule has 0 bridgehead atoms. The van der Waals surface area contributed by atoms with Gasteiger partial charge in [-0.25, -0.2) is 4.79 Å². The molecule has 102 valence electrons. The highest BCUT2D eigenvalue weighted by molar-refractivity contribution is 8.00. The average molecular weight is 318 g/mol. The topological polar surface area (TPSA) is 57.6 Å². The second-order valence-corrected chi connectivity index (χ2v) is 7.10. The van der Waals surface area contributed by atoms with Crippen LogP contribution in [0.1, 0.15) is 11.8 Å². The Morgan fingerprint density at radius 2 is 2.26 bits per heavy atom. The lowest BCUT2D eigenvalue weighted by Gasteiger charge is -2.23. The van der Waals surface area contributed by atoms with Crippen LogP contribution < -0.4 is 0 Å². The van der Waals surface area contributed by atoms with Crippen molar-refractivity contribution in [3.05, 3.63) is 27.4 Å². The van der Waals surface area contributed by atoms with E-state index >= 15 is 0 Å². The summed E-state index contributed by atoms with van der Waals surface area (Å²) in [4.78, 5) is 25.4. The fourth-order valence-electron chi connectivity index (χ4n) is 1.82. The van der Waals surface area contributed by atoms with E-state index in [9.17, 15) is 9.59 Å². The molecule has 2 atom stereocenters. The predicted octanol–water partition coefficient (Wildman–Crippen LogP) is 2.79. The van der Waals surface area contributed by atoms with E-state index in [1.807, 2.05) is 13.0 Å². The number of carbonyl (C=O) groups excluding carboxylic acids is 1. The minimum atomic E-state index is -0.960. The monoisotopic (exact) mass is 317 g/mol. The van der Waals surface area contributed by atoms with Crippen LogP contribution in [-0.2, 0) is 9.59 Å². The van der Waals surface area contributed by atoms with Crippen LogP contribution in [0.2, 0.25) is 4.34 Å². The summed E-state index contributed by atoms with van der Waals surface area (Å²) >= 11 is 8.63. The number of nitrogens with zero attached hydrogens (tertiary/aromatic N) is 1. The fourth-order valence-corrected chi connectivity index (χ4v) is 3.96. The van der Waals surface area contributed by atoms with Gasteiger partial charge in [0.2, 0.25) is 5.91 Å². The summed E-state index contributed by atoms with van der Waals surface area (Å²) in [5.74, 6) is -0.812. The van der Waals surface area contributed by atoms with Crippen LogP contribution in [0.4, 0.5) is 0 Å². The number of thioether (sulfide) groups is 1. The molecule has 0 aliphatic carbocycles. The van der Waals surface area contributed by atoms with Crippen LogP contribution in [0.25, 0.3) is 6.08 Å². The van der Waals surface area contributed by atoms with Crippen LogP contribution in [0.3, 0.4) is 0 Å². The zero-order valence-electron chi connectivity index (χ0n) is 10.1. The van der Waals surface area contributed by atoms with Crippen molar-refractivity contribution in [2.75, 3.05) is 5.75 Å². The Kier molecular flexibility index (Phi) is 4.54. The Morgan fingerprint density at radius 3 is 2.84 bits per heavy atom. The van der Waals surface area contributed by atoms with Gasteiger partial charge in [0.15, 0.2) is 0 Å². The number of carboxylic acid groups (broad SMARTS) is 1. The molecule has 0 radical (unpaired) electrons. The molecule has 19 heavy (non-hydrogen) atoms. The number of halogens is 1. The van der Waals surface area contributed by atoms with E-state index in [0.29, 0.717) is 10.1 Å². The third-order valence-electron chi connectivity index (χ3n) is 2.75. The SMILES string of the molecule is CC1SCC(C(=O)O)N1C(=O)C=Cc1ccc(Cl)s1. The van der Waals surface area contributed by atoms with Crippen molar-refractivity contribution in [1.82, 2.24) is 4.90 Å². The van der Waals surface area contributed by atoms with Gasteiger partial charge >= 0.3 is 5.97 Å². The van der Waals surface area contributed by atoms with E-state index < -0.39 is 12.0 Å². The number of aliphatic carboxylic acids is 1. The molecule has 0 spiro atoms. The maximum Gasteiger partial charge on any atom is 0.327 e. The highest BCUT2D eigenvalue weighted by Crippen LogP contribution is 2.29. The number of thiophene rings is 1. The van der Waals surface area contributed by atoms with E-state index in [1.165, 1.54) is 34.1 Å². The van der Waals surface area contributed by atoms with Gasteiger partial charge in [0.05, 0.1) is 9.71 Å². The summed E-state index contributed by atoms with van der Waals surface area (Å²) in [5, 5.41) is 8.97. The van der Waals surface area contributed by atoms with Crippen molar-refractivity contribution in [3.8, 4) is 0 Å². The number of amides is 1. The minimum absolute atomic E-state index is 0.120. The van der Waals surface area contributed by atoms with Gasteiger partial charge in [-0.2, -0.15) is 0 Å². The molecule has 0 aromatic carbocycles. The molecule has 2 heterocycles. The van der Waals surface area contributed by atoms with Gasteiger partial charge in [0.1, 0.15) is 6.04 Å². The molecule has 0 saturated carbocycles. The minimum Gasteiger partial charge on any atom is -0.480 e. The summed E-state index contributed by atoms with van der Waals surface area (Å²) in [5.41, 5.74) is 0. The van der Waals surface area contributed by atoms with Crippen molar-refractivity contribution < 1.29 is 14.7 Å². The lowest BCUT2D eigenvalue weighted by molar-refractivity contribution is -0.147. The average Bonchev–Trinajstić information content (AvgIpc) is 2.92. The first-order valence-electron chi connectivity index (χ1n) is 5.59. The zero-order chi connectivity index (χ0) is 14.0. The highest BCUT2D eigenvalue weighted by Gasteiger charge is 2.38. The number of hydrogen-bond donors (Lipinski definition) is 1. The van der Waals surface area contributed by atoms with Crippen LogP contribution in [0.15, 0.2) is 18.2 Å². The predicted molar refractivity (Wildman–Crippen MR) is 78.6 cm³/mol. The largest absolute Gasteiger partial charge is 0.480 e. The van der Waals surface area contributed by atoms with Crippen molar-refractivity contribution in [1.29, 1.82) is 0 Å². The van der Waals surface area contributed by atoms with Crippen LogP contribution in [0, 0.1) is 0 Å². The molecule has 2 unspecified atom stereocenters. The third-order valence-corrected chi connectivity index (χ3v) is 5.16. The lowest BCUT2D eigenvalue weighted by Crippen LogP contribution is -2.43. The van der Waals surface area contributed by atoms with Gasteiger partial charge in [-0.1, -0.05) is 11.6 Å². The van der Waals surface area contributed by atoms with Gasteiger partial charge in [0, 0.05) is 16.7 Å². The van der Waals surface area contributed by atoms with Gasteiger partial charge < -0.3 is 10.0 Å². The van der Waals surface area contributed by atoms with E-state index in [0.717, 1.165) is 4.88 Å². The number of carbonyl (C=O) groups is 2. The molecule has 2 rings (SSSR count). The van der Waals surface area contributed by atoms with Crippen molar-refractivity contribution in [3.63, 3.8) is 0 Å².